The molecule has 0 radical (unpaired) electrons. The van der Waals surface area contributed by atoms with Crippen molar-refractivity contribution in [1.82, 2.24) is 10.6 Å². The normalized spacial score (nSPS) is 10.0. The second-order valence-electron chi connectivity index (χ2n) is 4.79. The Labute approximate surface area is 129 Å². The van der Waals surface area contributed by atoms with Crippen LogP contribution in [-0.2, 0) is 11.2 Å². The third kappa shape index (κ3) is 4.63. The third-order valence-electron chi connectivity index (χ3n) is 3.09. The van der Waals surface area contributed by atoms with Crippen LogP contribution in [0, 0.1) is 0 Å². The van der Waals surface area contributed by atoms with Gasteiger partial charge in [-0.05, 0) is 17.7 Å². The van der Waals surface area contributed by atoms with Gasteiger partial charge >= 0.3 is 0 Å². The number of hydrogen-bond acceptors (Lipinski definition) is 3. The SMILES string of the molecule is O=C(Cc1ccccc1)NCCNC(=O)c1ccccc1O. The maximum absolute atomic E-state index is 11.8. The summed E-state index contributed by atoms with van der Waals surface area (Å²) in [5, 5.41) is 14.9. The van der Waals surface area contributed by atoms with Crippen LogP contribution in [0.1, 0.15) is 15.9 Å². The third-order valence-corrected chi connectivity index (χ3v) is 3.09. The number of benzene rings is 2. The Morgan fingerprint density at radius 3 is 2.23 bits per heavy atom. The van der Waals surface area contributed by atoms with Crippen molar-refractivity contribution in [2.45, 2.75) is 6.42 Å². The van der Waals surface area contributed by atoms with Crippen LogP contribution in [0.3, 0.4) is 0 Å². The summed E-state index contributed by atoms with van der Waals surface area (Å²) < 4.78 is 0. The molecule has 0 heterocycles. The summed E-state index contributed by atoms with van der Waals surface area (Å²) in [5.74, 6) is -0.522. The Bertz CT molecular complexity index is 641. The van der Waals surface area contributed by atoms with E-state index in [9.17, 15) is 14.7 Å². The molecule has 0 aromatic heterocycles. The van der Waals surface area contributed by atoms with Crippen molar-refractivity contribution < 1.29 is 14.7 Å². The lowest BCUT2D eigenvalue weighted by molar-refractivity contribution is -0.120. The molecule has 0 saturated carbocycles. The van der Waals surface area contributed by atoms with E-state index in [1.807, 2.05) is 30.3 Å². The highest BCUT2D eigenvalue weighted by Crippen LogP contribution is 2.14. The minimum atomic E-state index is -0.365. The first-order valence-corrected chi connectivity index (χ1v) is 7.03. The molecule has 2 amide bonds. The second-order valence-corrected chi connectivity index (χ2v) is 4.79. The number of carbonyl (C=O) groups is 2. The molecule has 0 unspecified atom stereocenters. The molecule has 0 bridgehead atoms. The summed E-state index contributed by atoms with van der Waals surface area (Å²) in [6, 6.07) is 15.8. The van der Waals surface area contributed by atoms with E-state index in [0.717, 1.165) is 5.56 Å². The van der Waals surface area contributed by atoms with Gasteiger partial charge in [0.25, 0.3) is 5.91 Å². The Balaban J connectivity index is 1.70. The van der Waals surface area contributed by atoms with Gasteiger partial charge in [0, 0.05) is 13.1 Å². The van der Waals surface area contributed by atoms with Gasteiger partial charge in [0.15, 0.2) is 0 Å². The van der Waals surface area contributed by atoms with E-state index in [1.54, 1.807) is 18.2 Å². The number of hydrogen-bond donors (Lipinski definition) is 3. The zero-order chi connectivity index (χ0) is 15.8. The van der Waals surface area contributed by atoms with E-state index in [1.165, 1.54) is 6.07 Å². The lowest BCUT2D eigenvalue weighted by Crippen LogP contribution is -2.35. The van der Waals surface area contributed by atoms with Crippen molar-refractivity contribution in [3.63, 3.8) is 0 Å². The molecule has 2 rings (SSSR count). The van der Waals surface area contributed by atoms with Gasteiger partial charge in [-0.3, -0.25) is 9.59 Å². The molecule has 2 aromatic carbocycles. The molecule has 0 aliphatic carbocycles. The van der Waals surface area contributed by atoms with Crippen molar-refractivity contribution in [1.29, 1.82) is 0 Å². The minimum absolute atomic E-state index is 0.0619. The van der Waals surface area contributed by atoms with Crippen molar-refractivity contribution in [2.24, 2.45) is 0 Å². The van der Waals surface area contributed by atoms with E-state index < -0.39 is 0 Å². The molecule has 0 spiro atoms. The highest BCUT2D eigenvalue weighted by molar-refractivity contribution is 5.96. The Kier molecular flexibility index (Phi) is 5.54. The lowest BCUT2D eigenvalue weighted by Gasteiger charge is -2.08. The summed E-state index contributed by atoms with van der Waals surface area (Å²) in [6.45, 7) is 0.638. The summed E-state index contributed by atoms with van der Waals surface area (Å²) in [6.07, 6.45) is 0.314. The predicted octanol–water partition coefficient (Wildman–Crippen LogP) is 1.48. The number of aromatic hydroxyl groups is 1. The quantitative estimate of drug-likeness (QED) is 0.707. The van der Waals surface area contributed by atoms with Gasteiger partial charge in [-0.2, -0.15) is 0 Å². The Morgan fingerprint density at radius 2 is 1.50 bits per heavy atom. The van der Waals surface area contributed by atoms with Crippen LogP contribution in [0.5, 0.6) is 5.75 Å². The van der Waals surface area contributed by atoms with Crippen LogP contribution in [0.4, 0.5) is 0 Å². The fourth-order valence-corrected chi connectivity index (χ4v) is 1.98. The average Bonchev–Trinajstić information content (AvgIpc) is 2.53. The molecule has 5 heteroatoms. The smallest absolute Gasteiger partial charge is 0.255 e. The van der Waals surface area contributed by atoms with Gasteiger partial charge in [0.2, 0.25) is 5.91 Å². The number of amides is 2. The van der Waals surface area contributed by atoms with Gasteiger partial charge in [-0.25, -0.2) is 0 Å². The molecule has 5 nitrogen and oxygen atoms in total. The lowest BCUT2D eigenvalue weighted by atomic mass is 10.1. The van der Waals surface area contributed by atoms with E-state index in [2.05, 4.69) is 10.6 Å². The van der Waals surface area contributed by atoms with Crippen LogP contribution >= 0.6 is 0 Å². The zero-order valence-electron chi connectivity index (χ0n) is 12.1. The first-order chi connectivity index (χ1) is 10.7. The molecule has 3 N–H and O–H groups in total. The fourth-order valence-electron chi connectivity index (χ4n) is 1.98. The van der Waals surface area contributed by atoms with Gasteiger partial charge in [0.1, 0.15) is 5.75 Å². The van der Waals surface area contributed by atoms with Gasteiger partial charge in [0.05, 0.1) is 12.0 Å². The van der Waals surface area contributed by atoms with Crippen LogP contribution in [0.25, 0.3) is 0 Å². The fraction of sp³-hybridized carbons (Fsp3) is 0.176. The molecular weight excluding hydrogens is 280 g/mol. The summed E-state index contributed by atoms with van der Waals surface area (Å²) >= 11 is 0. The molecule has 0 saturated heterocycles. The summed E-state index contributed by atoms with van der Waals surface area (Å²) in [4.78, 5) is 23.5. The highest BCUT2D eigenvalue weighted by atomic mass is 16.3. The number of phenols is 1. The van der Waals surface area contributed by atoms with Crippen molar-refractivity contribution in [3.8, 4) is 5.75 Å². The molecular formula is C17H18N2O3. The van der Waals surface area contributed by atoms with Gasteiger partial charge in [-0.1, -0.05) is 42.5 Å². The zero-order valence-corrected chi connectivity index (χ0v) is 12.1. The van der Waals surface area contributed by atoms with Crippen LogP contribution in [0.2, 0.25) is 0 Å². The maximum Gasteiger partial charge on any atom is 0.255 e. The average molecular weight is 298 g/mol. The van der Waals surface area contributed by atoms with Gasteiger partial charge in [-0.15, -0.1) is 0 Å². The number of carbonyl (C=O) groups excluding carboxylic acids is 2. The molecule has 0 aliphatic rings. The largest absolute Gasteiger partial charge is 0.507 e. The van der Waals surface area contributed by atoms with Crippen LogP contribution in [-0.4, -0.2) is 30.0 Å². The first-order valence-electron chi connectivity index (χ1n) is 7.03. The molecule has 0 atom stereocenters. The van der Waals surface area contributed by atoms with Crippen molar-refractivity contribution >= 4 is 11.8 Å². The van der Waals surface area contributed by atoms with Crippen LogP contribution in [0.15, 0.2) is 54.6 Å². The van der Waals surface area contributed by atoms with E-state index in [4.69, 9.17) is 0 Å². The predicted molar refractivity (Wildman–Crippen MR) is 83.6 cm³/mol. The van der Waals surface area contributed by atoms with E-state index >= 15 is 0 Å². The molecule has 0 aliphatic heterocycles. The topological polar surface area (TPSA) is 78.4 Å². The Morgan fingerprint density at radius 1 is 0.864 bits per heavy atom. The number of rotatable bonds is 6. The van der Waals surface area contributed by atoms with E-state index in [-0.39, 0.29) is 23.1 Å². The number of phenolic OH excluding ortho intramolecular Hbond substituents is 1. The molecule has 2 aromatic rings. The monoisotopic (exact) mass is 298 g/mol. The first kappa shape index (κ1) is 15.6. The Hall–Kier alpha value is -2.82. The standard InChI is InChI=1S/C17H18N2O3/c20-15-9-5-4-8-14(15)17(22)19-11-10-18-16(21)12-13-6-2-1-3-7-13/h1-9,20H,10-12H2,(H,18,21)(H,19,22). The van der Waals surface area contributed by atoms with E-state index in [0.29, 0.717) is 19.5 Å². The molecule has 22 heavy (non-hydrogen) atoms. The molecule has 114 valence electrons. The highest BCUT2D eigenvalue weighted by Gasteiger charge is 2.09. The summed E-state index contributed by atoms with van der Waals surface area (Å²) in [5.41, 5.74) is 1.16. The molecule has 0 fully saturated rings. The van der Waals surface area contributed by atoms with Crippen molar-refractivity contribution in [2.75, 3.05) is 13.1 Å². The van der Waals surface area contributed by atoms with Gasteiger partial charge < -0.3 is 15.7 Å². The number of para-hydroxylation sites is 1. The second kappa shape index (κ2) is 7.83. The summed E-state index contributed by atoms with van der Waals surface area (Å²) in [7, 11) is 0. The van der Waals surface area contributed by atoms with Crippen LogP contribution < -0.4 is 10.6 Å². The number of nitrogens with one attached hydrogen (secondary N) is 2. The maximum atomic E-state index is 11.8. The van der Waals surface area contributed by atoms with Crippen molar-refractivity contribution in [3.05, 3.63) is 65.7 Å². The minimum Gasteiger partial charge on any atom is -0.507 e.